The van der Waals surface area contributed by atoms with Crippen molar-refractivity contribution in [1.82, 2.24) is 4.90 Å². The van der Waals surface area contributed by atoms with Crippen molar-refractivity contribution in [2.45, 2.75) is 31.4 Å². The Balaban J connectivity index is 1.54. The molecule has 2 heterocycles. The van der Waals surface area contributed by atoms with Crippen molar-refractivity contribution < 1.29 is 28.5 Å². The lowest BCUT2D eigenvalue weighted by Gasteiger charge is -2.45. The Kier molecular flexibility index (Phi) is 5.97. The second kappa shape index (κ2) is 8.70. The number of piperidine rings is 1. The number of methoxy groups -OCH3 is 3. The SMILES string of the molecule is COc1cc(OC)c(C(=O)C(C)N2CCC3(CC2)OC(=O)Nc2ccccc23)cc1OC. The van der Waals surface area contributed by atoms with Crippen molar-refractivity contribution in [1.29, 1.82) is 0 Å². The standard InChI is InChI=1S/C24H28N2O6/c1-15(22(27)16-13-20(30-3)21(31-4)14-19(16)29-2)26-11-9-24(10-12-26)17-7-5-6-8-18(17)25-23(28)32-24/h5-8,13-15H,9-12H2,1-4H3,(H,25,28). The summed E-state index contributed by atoms with van der Waals surface area (Å²) in [4.78, 5) is 27.7. The van der Waals surface area contributed by atoms with Crippen LogP contribution in [0.5, 0.6) is 17.2 Å². The molecule has 1 spiro atoms. The van der Waals surface area contributed by atoms with Crippen LogP contribution in [0.4, 0.5) is 10.5 Å². The average Bonchev–Trinajstić information content (AvgIpc) is 2.82. The number of rotatable bonds is 6. The van der Waals surface area contributed by atoms with Crippen molar-refractivity contribution in [2.75, 3.05) is 39.7 Å². The van der Waals surface area contributed by atoms with Gasteiger partial charge in [-0.15, -0.1) is 0 Å². The number of amides is 1. The van der Waals surface area contributed by atoms with Crippen LogP contribution in [0.25, 0.3) is 0 Å². The second-order valence-corrected chi connectivity index (χ2v) is 8.04. The zero-order valence-corrected chi connectivity index (χ0v) is 18.8. The third kappa shape index (κ3) is 3.75. The first kappa shape index (κ1) is 22.0. The van der Waals surface area contributed by atoms with Gasteiger partial charge < -0.3 is 18.9 Å². The number of ether oxygens (including phenoxy) is 4. The summed E-state index contributed by atoms with van der Waals surface area (Å²) < 4.78 is 21.9. The van der Waals surface area contributed by atoms with Crippen LogP contribution in [0.15, 0.2) is 36.4 Å². The summed E-state index contributed by atoms with van der Waals surface area (Å²) >= 11 is 0. The molecule has 2 aliphatic heterocycles. The topological polar surface area (TPSA) is 86.3 Å². The molecule has 4 rings (SSSR count). The van der Waals surface area contributed by atoms with Gasteiger partial charge in [0.1, 0.15) is 11.4 Å². The van der Waals surface area contributed by atoms with Gasteiger partial charge in [0.2, 0.25) is 0 Å². The number of likely N-dealkylation sites (tertiary alicyclic amines) is 1. The number of hydrogen-bond donors (Lipinski definition) is 1. The first-order valence-electron chi connectivity index (χ1n) is 10.6. The Morgan fingerprint density at radius 1 is 1.03 bits per heavy atom. The summed E-state index contributed by atoms with van der Waals surface area (Å²) in [6.45, 7) is 3.12. The fourth-order valence-electron chi connectivity index (χ4n) is 4.61. The number of ketones is 1. The fraction of sp³-hybridized carbons (Fsp3) is 0.417. The van der Waals surface area contributed by atoms with Gasteiger partial charge in [-0.1, -0.05) is 18.2 Å². The second-order valence-electron chi connectivity index (χ2n) is 8.04. The molecule has 1 amide bonds. The van der Waals surface area contributed by atoms with Crippen LogP contribution < -0.4 is 19.5 Å². The molecular weight excluding hydrogens is 412 g/mol. The largest absolute Gasteiger partial charge is 0.496 e. The van der Waals surface area contributed by atoms with E-state index in [2.05, 4.69) is 10.2 Å². The Morgan fingerprint density at radius 3 is 2.31 bits per heavy atom. The number of para-hydroxylation sites is 1. The molecule has 1 fully saturated rings. The minimum atomic E-state index is -0.667. The number of Topliss-reactive ketones (excluding diaryl/α,β-unsaturated/α-hetero) is 1. The number of carbonyl (C=O) groups excluding carboxylic acids is 2. The van der Waals surface area contributed by atoms with Crippen LogP contribution in [0.2, 0.25) is 0 Å². The van der Waals surface area contributed by atoms with Crippen LogP contribution in [-0.4, -0.2) is 57.2 Å². The molecule has 2 aliphatic rings. The molecule has 2 aromatic carbocycles. The summed E-state index contributed by atoms with van der Waals surface area (Å²) in [5.41, 5.74) is 1.55. The van der Waals surface area contributed by atoms with Gasteiger partial charge in [0, 0.05) is 37.6 Å². The fourth-order valence-corrected chi connectivity index (χ4v) is 4.61. The lowest BCUT2D eigenvalue weighted by Crippen LogP contribution is -2.51. The van der Waals surface area contributed by atoms with E-state index in [0.29, 0.717) is 48.7 Å². The van der Waals surface area contributed by atoms with E-state index in [0.717, 1.165) is 11.3 Å². The molecule has 0 saturated carbocycles. The van der Waals surface area contributed by atoms with E-state index in [1.54, 1.807) is 12.1 Å². The van der Waals surface area contributed by atoms with Gasteiger partial charge >= 0.3 is 6.09 Å². The predicted molar refractivity (Wildman–Crippen MR) is 119 cm³/mol. The highest BCUT2D eigenvalue weighted by Gasteiger charge is 2.45. The minimum absolute atomic E-state index is 0.0681. The van der Waals surface area contributed by atoms with Crippen molar-refractivity contribution in [2.24, 2.45) is 0 Å². The highest BCUT2D eigenvalue weighted by molar-refractivity contribution is 6.03. The number of carbonyl (C=O) groups is 2. The number of fused-ring (bicyclic) bond motifs is 2. The molecule has 8 nitrogen and oxygen atoms in total. The van der Waals surface area contributed by atoms with E-state index < -0.39 is 11.7 Å². The van der Waals surface area contributed by atoms with E-state index in [1.807, 2.05) is 31.2 Å². The molecule has 170 valence electrons. The summed E-state index contributed by atoms with van der Waals surface area (Å²) in [7, 11) is 4.59. The van der Waals surface area contributed by atoms with Gasteiger partial charge in [0.05, 0.1) is 38.6 Å². The normalized spacial score (nSPS) is 18.2. The highest BCUT2D eigenvalue weighted by Crippen LogP contribution is 2.44. The average molecular weight is 440 g/mol. The van der Waals surface area contributed by atoms with Crippen molar-refractivity contribution in [3.05, 3.63) is 47.5 Å². The van der Waals surface area contributed by atoms with Crippen molar-refractivity contribution in [3.63, 3.8) is 0 Å². The molecular formula is C24H28N2O6. The number of nitrogens with one attached hydrogen (secondary N) is 1. The number of benzene rings is 2. The smallest absolute Gasteiger partial charge is 0.412 e. The molecule has 1 N–H and O–H groups in total. The molecule has 0 bridgehead atoms. The molecule has 8 heteroatoms. The van der Waals surface area contributed by atoms with Gasteiger partial charge in [-0.25, -0.2) is 4.79 Å². The molecule has 1 atom stereocenters. The van der Waals surface area contributed by atoms with E-state index >= 15 is 0 Å². The van der Waals surface area contributed by atoms with Crippen LogP contribution >= 0.6 is 0 Å². The molecule has 2 aromatic rings. The first-order chi connectivity index (χ1) is 15.4. The summed E-state index contributed by atoms with van der Waals surface area (Å²) in [5.74, 6) is 1.34. The molecule has 0 aromatic heterocycles. The van der Waals surface area contributed by atoms with Crippen LogP contribution in [0.3, 0.4) is 0 Å². The Morgan fingerprint density at radius 2 is 1.66 bits per heavy atom. The zero-order chi connectivity index (χ0) is 22.9. The van der Waals surface area contributed by atoms with Crippen LogP contribution in [0, 0.1) is 0 Å². The number of anilines is 1. The third-order valence-electron chi connectivity index (χ3n) is 6.45. The molecule has 0 radical (unpaired) electrons. The Labute approximate surface area is 187 Å². The predicted octanol–water partition coefficient (Wildman–Crippen LogP) is 3.84. The number of hydrogen-bond acceptors (Lipinski definition) is 7. The van der Waals surface area contributed by atoms with Gasteiger partial charge in [-0.05, 0) is 19.1 Å². The molecule has 1 saturated heterocycles. The maximum atomic E-state index is 13.4. The maximum Gasteiger partial charge on any atom is 0.412 e. The van der Waals surface area contributed by atoms with Crippen molar-refractivity contribution in [3.8, 4) is 17.2 Å². The molecule has 0 aliphatic carbocycles. The molecule has 32 heavy (non-hydrogen) atoms. The van der Waals surface area contributed by atoms with Crippen molar-refractivity contribution >= 4 is 17.6 Å². The zero-order valence-electron chi connectivity index (χ0n) is 18.8. The quantitative estimate of drug-likeness (QED) is 0.683. The molecule has 1 unspecified atom stereocenters. The van der Waals surface area contributed by atoms with Gasteiger partial charge in [0.15, 0.2) is 17.3 Å². The lowest BCUT2D eigenvalue weighted by atomic mass is 9.81. The lowest BCUT2D eigenvalue weighted by molar-refractivity contribution is -0.0425. The number of nitrogens with zero attached hydrogens (tertiary/aromatic N) is 1. The minimum Gasteiger partial charge on any atom is -0.496 e. The van der Waals surface area contributed by atoms with Gasteiger partial charge in [-0.2, -0.15) is 0 Å². The Bertz CT molecular complexity index is 1030. The van der Waals surface area contributed by atoms with E-state index in [-0.39, 0.29) is 11.8 Å². The summed E-state index contributed by atoms with van der Waals surface area (Å²) in [6, 6.07) is 10.7. The monoisotopic (exact) mass is 440 g/mol. The van der Waals surface area contributed by atoms with Crippen LogP contribution in [0.1, 0.15) is 35.7 Å². The summed E-state index contributed by atoms with van der Waals surface area (Å²) in [6.07, 6.45) is 0.785. The van der Waals surface area contributed by atoms with Gasteiger partial charge in [-0.3, -0.25) is 15.0 Å². The maximum absolute atomic E-state index is 13.4. The first-order valence-corrected chi connectivity index (χ1v) is 10.6. The van der Waals surface area contributed by atoms with Crippen LogP contribution in [-0.2, 0) is 10.3 Å². The van der Waals surface area contributed by atoms with E-state index in [1.165, 1.54) is 21.3 Å². The van der Waals surface area contributed by atoms with Gasteiger partial charge in [0.25, 0.3) is 0 Å². The Hall–Kier alpha value is -3.26. The van der Waals surface area contributed by atoms with E-state index in [4.69, 9.17) is 18.9 Å². The third-order valence-corrected chi connectivity index (χ3v) is 6.45. The van der Waals surface area contributed by atoms with E-state index in [9.17, 15) is 9.59 Å². The summed E-state index contributed by atoms with van der Waals surface area (Å²) in [5, 5.41) is 2.77. The highest BCUT2D eigenvalue weighted by atomic mass is 16.6.